The molecule has 0 bridgehead atoms. The lowest BCUT2D eigenvalue weighted by Crippen LogP contribution is -2.45. The van der Waals surface area contributed by atoms with E-state index in [-0.39, 0.29) is 16.5 Å². The summed E-state index contributed by atoms with van der Waals surface area (Å²) < 4.78 is 31.9. The third-order valence-corrected chi connectivity index (χ3v) is 5.18. The number of benzene rings is 1. The van der Waals surface area contributed by atoms with Crippen LogP contribution < -0.4 is 15.8 Å². The van der Waals surface area contributed by atoms with Gasteiger partial charge in [0.25, 0.3) is 5.91 Å². The third kappa shape index (κ3) is 5.27. The van der Waals surface area contributed by atoms with Crippen LogP contribution in [-0.4, -0.2) is 38.5 Å². The molecule has 9 nitrogen and oxygen atoms in total. The Bertz CT molecular complexity index is 800. The van der Waals surface area contributed by atoms with Crippen molar-refractivity contribution >= 4 is 27.9 Å². The van der Waals surface area contributed by atoms with Gasteiger partial charge in [-0.15, -0.1) is 0 Å². The highest BCUT2D eigenvalue weighted by molar-refractivity contribution is 7.89. The number of nitrogens with one attached hydrogen (secondary N) is 2. The van der Waals surface area contributed by atoms with E-state index in [1.807, 2.05) is 5.32 Å². The second-order valence-corrected chi connectivity index (χ2v) is 8.06. The fraction of sp³-hybridized carbons (Fsp3) is 0.438. The van der Waals surface area contributed by atoms with Gasteiger partial charge in [0.2, 0.25) is 10.0 Å². The van der Waals surface area contributed by atoms with E-state index in [9.17, 15) is 22.8 Å². The van der Waals surface area contributed by atoms with Gasteiger partial charge in [0.15, 0.2) is 6.10 Å². The monoisotopic (exact) mass is 383 g/mol. The fourth-order valence-corrected chi connectivity index (χ4v) is 3.43. The maximum Gasteiger partial charge on any atom is 0.338 e. The van der Waals surface area contributed by atoms with Crippen LogP contribution >= 0.6 is 0 Å². The SMILES string of the molecule is CC(C)C(OC(=O)c1ccc(S(=O)(=O)NC2CC2)cc1)C(=O)NC(N)=O. The zero-order valence-electron chi connectivity index (χ0n) is 14.4. The minimum Gasteiger partial charge on any atom is -0.448 e. The Morgan fingerprint density at radius 1 is 1.15 bits per heavy atom. The quantitative estimate of drug-likeness (QED) is 0.585. The molecule has 1 saturated carbocycles. The van der Waals surface area contributed by atoms with Gasteiger partial charge in [-0.25, -0.2) is 22.7 Å². The summed E-state index contributed by atoms with van der Waals surface area (Å²) in [6.07, 6.45) is 0.413. The second-order valence-electron chi connectivity index (χ2n) is 6.34. The Morgan fingerprint density at radius 2 is 1.73 bits per heavy atom. The van der Waals surface area contributed by atoms with Crippen molar-refractivity contribution in [2.24, 2.45) is 11.7 Å². The van der Waals surface area contributed by atoms with Crippen molar-refractivity contribution in [2.45, 2.75) is 43.7 Å². The van der Waals surface area contributed by atoms with Gasteiger partial charge in [-0.2, -0.15) is 0 Å². The number of carbonyl (C=O) groups excluding carboxylic acids is 3. The minimum absolute atomic E-state index is 0.0276. The first-order valence-electron chi connectivity index (χ1n) is 8.04. The van der Waals surface area contributed by atoms with E-state index in [0.717, 1.165) is 12.8 Å². The molecule has 0 aliphatic heterocycles. The largest absolute Gasteiger partial charge is 0.448 e. The van der Waals surface area contributed by atoms with Crippen molar-refractivity contribution in [1.82, 2.24) is 10.0 Å². The first-order chi connectivity index (χ1) is 12.1. The Hall–Kier alpha value is -2.46. The lowest BCUT2D eigenvalue weighted by molar-refractivity contribution is -0.130. The van der Waals surface area contributed by atoms with Crippen LogP contribution in [0.2, 0.25) is 0 Å². The average molecular weight is 383 g/mol. The molecule has 0 radical (unpaired) electrons. The number of carbonyl (C=O) groups is 3. The molecule has 0 heterocycles. The molecule has 1 fully saturated rings. The molecule has 1 aromatic rings. The summed E-state index contributed by atoms with van der Waals surface area (Å²) >= 11 is 0. The summed E-state index contributed by atoms with van der Waals surface area (Å²) in [5, 5.41) is 1.87. The molecular weight excluding hydrogens is 362 g/mol. The molecule has 3 amide bonds. The van der Waals surface area contributed by atoms with Crippen LogP contribution in [0.1, 0.15) is 37.0 Å². The first kappa shape index (κ1) is 19.9. The van der Waals surface area contributed by atoms with Crippen LogP contribution in [0, 0.1) is 5.92 Å². The van der Waals surface area contributed by atoms with E-state index in [0.29, 0.717) is 0 Å². The zero-order chi connectivity index (χ0) is 19.5. The third-order valence-electron chi connectivity index (χ3n) is 3.64. The zero-order valence-corrected chi connectivity index (χ0v) is 15.2. The summed E-state index contributed by atoms with van der Waals surface area (Å²) in [5.74, 6) is -2.04. The van der Waals surface area contributed by atoms with Gasteiger partial charge in [-0.05, 0) is 43.0 Å². The molecular formula is C16H21N3O6S. The number of sulfonamides is 1. The number of amides is 3. The Labute approximate surface area is 151 Å². The van der Waals surface area contributed by atoms with E-state index < -0.39 is 40.0 Å². The Balaban J connectivity index is 2.08. The number of esters is 1. The standard InChI is InChI=1S/C16H21N3O6S/c1-9(2)13(14(20)18-16(17)22)25-15(21)10-3-7-12(8-4-10)26(23,24)19-11-5-6-11/h3-4,7-9,11,13,19H,5-6H2,1-2H3,(H3,17,18,20,22). The molecule has 1 aliphatic rings. The number of rotatable bonds is 7. The molecule has 2 rings (SSSR count). The van der Waals surface area contributed by atoms with Crippen LogP contribution in [-0.2, 0) is 19.6 Å². The van der Waals surface area contributed by atoms with Crippen LogP contribution in [0.3, 0.4) is 0 Å². The van der Waals surface area contributed by atoms with Gasteiger partial charge in [0, 0.05) is 6.04 Å². The molecule has 0 saturated heterocycles. The highest BCUT2D eigenvalue weighted by Gasteiger charge is 2.29. The van der Waals surface area contributed by atoms with Crippen molar-refractivity contribution in [1.29, 1.82) is 0 Å². The van der Waals surface area contributed by atoms with Gasteiger partial charge >= 0.3 is 12.0 Å². The topological polar surface area (TPSA) is 145 Å². The molecule has 4 N–H and O–H groups in total. The molecule has 0 spiro atoms. The van der Waals surface area contributed by atoms with Crippen LogP contribution in [0.5, 0.6) is 0 Å². The van der Waals surface area contributed by atoms with Gasteiger partial charge in [0.05, 0.1) is 10.5 Å². The normalized spacial score (nSPS) is 15.3. The predicted octanol–water partition coefficient (Wildman–Crippen LogP) is 0.504. The lowest BCUT2D eigenvalue weighted by atomic mass is 10.1. The summed E-state index contributed by atoms with van der Waals surface area (Å²) in [7, 11) is -3.62. The van der Waals surface area contributed by atoms with E-state index in [1.54, 1.807) is 13.8 Å². The number of imide groups is 1. The number of hydrogen-bond acceptors (Lipinski definition) is 6. The second kappa shape index (κ2) is 7.83. The average Bonchev–Trinajstić information content (AvgIpc) is 3.34. The summed E-state index contributed by atoms with van der Waals surface area (Å²) in [5.41, 5.74) is 4.97. The van der Waals surface area contributed by atoms with Gasteiger partial charge < -0.3 is 10.5 Å². The van der Waals surface area contributed by atoms with Crippen LogP contribution in [0.25, 0.3) is 0 Å². The number of urea groups is 1. The van der Waals surface area contributed by atoms with Gasteiger partial charge in [0.1, 0.15) is 0 Å². The predicted molar refractivity (Wildman–Crippen MR) is 91.6 cm³/mol. The van der Waals surface area contributed by atoms with E-state index in [2.05, 4.69) is 4.72 Å². The minimum atomic E-state index is -3.62. The van der Waals surface area contributed by atoms with Gasteiger partial charge in [-0.1, -0.05) is 13.8 Å². The van der Waals surface area contributed by atoms with Crippen molar-refractivity contribution in [3.05, 3.63) is 29.8 Å². The van der Waals surface area contributed by atoms with Crippen molar-refractivity contribution < 1.29 is 27.5 Å². The molecule has 26 heavy (non-hydrogen) atoms. The van der Waals surface area contributed by atoms with Crippen LogP contribution in [0.4, 0.5) is 4.79 Å². The smallest absolute Gasteiger partial charge is 0.338 e. The molecule has 142 valence electrons. The lowest BCUT2D eigenvalue weighted by Gasteiger charge is -2.19. The summed E-state index contributed by atoms with van der Waals surface area (Å²) in [6.45, 7) is 3.27. The molecule has 1 aliphatic carbocycles. The van der Waals surface area contributed by atoms with E-state index in [4.69, 9.17) is 10.5 Å². The highest BCUT2D eigenvalue weighted by Crippen LogP contribution is 2.22. The molecule has 1 aromatic carbocycles. The number of hydrogen-bond donors (Lipinski definition) is 3. The van der Waals surface area contributed by atoms with Crippen molar-refractivity contribution in [3.8, 4) is 0 Å². The number of nitrogens with two attached hydrogens (primary N) is 1. The van der Waals surface area contributed by atoms with Gasteiger partial charge in [-0.3, -0.25) is 10.1 Å². The first-order valence-corrected chi connectivity index (χ1v) is 9.52. The van der Waals surface area contributed by atoms with Crippen molar-refractivity contribution in [2.75, 3.05) is 0 Å². The molecule has 10 heteroatoms. The molecule has 1 atom stereocenters. The fourth-order valence-electron chi connectivity index (χ4n) is 2.13. The summed E-state index contributed by atoms with van der Waals surface area (Å²) in [6, 6.07) is 4.10. The van der Waals surface area contributed by atoms with E-state index >= 15 is 0 Å². The van der Waals surface area contributed by atoms with Crippen LogP contribution in [0.15, 0.2) is 29.2 Å². The number of ether oxygens (including phenoxy) is 1. The molecule has 0 aromatic heterocycles. The maximum atomic E-state index is 12.2. The van der Waals surface area contributed by atoms with Crippen molar-refractivity contribution in [3.63, 3.8) is 0 Å². The summed E-state index contributed by atoms with van der Waals surface area (Å²) in [4.78, 5) is 34.9. The molecule has 1 unspecified atom stereocenters. The Morgan fingerprint density at radius 3 is 2.19 bits per heavy atom. The maximum absolute atomic E-state index is 12.2. The Kier molecular flexibility index (Phi) is 5.98. The number of primary amides is 1. The highest BCUT2D eigenvalue weighted by atomic mass is 32.2. The van der Waals surface area contributed by atoms with E-state index in [1.165, 1.54) is 24.3 Å².